The first-order valence-electron chi connectivity index (χ1n) is 10.9. The standard InChI is InChI=1S/C23H30N2O6S/c1-13-11-24(21(32)25(13)14-8-7-9-15(10-14)26-6)17-18(16-12-27-22(2,3)29-16)28-20-19(17)30-23(4,5)31-20/h7-11,16-20H,12H2,1-6H3/t16-,17-,18-,19-,20-/m1/s1. The summed E-state index contributed by atoms with van der Waals surface area (Å²) in [5.41, 5.74) is 1.93. The van der Waals surface area contributed by atoms with Gasteiger partial charge in [-0.05, 0) is 59.0 Å². The number of rotatable bonds is 4. The SMILES string of the molecule is COc1cccc(-n2c(C)cn([C@H]3[C@H]4OC(C)(C)O[C@H]4O[C@@H]3[C@H]3COC(C)(C)O3)c2=S)c1. The largest absolute Gasteiger partial charge is 0.497 e. The van der Waals surface area contributed by atoms with Crippen LogP contribution in [0.2, 0.25) is 0 Å². The monoisotopic (exact) mass is 462 g/mol. The highest BCUT2D eigenvalue weighted by Gasteiger charge is 2.59. The summed E-state index contributed by atoms with van der Waals surface area (Å²) in [6, 6.07) is 7.60. The van der Waals surface area contributed by atoms with Gasteiger partial charge in [0.05, 0.1) is 25.4 Å². The van der Waals surface area contributed by atoms with Crippen LogP contribution in [0.1, 0.15) is 39.4 Å². The molecule has 9 heteroatoms. The Morgan fingerprint density at radius 1 is 1.06 bits per heavy atom. The van der Waals surface area contributed by atoms with Crippen LogP contribution in [0.15, 0.2) is 30.5 Å². The summed E-state index contributed by atoms with van der Waals surface area (Å²) >= 11 is 5.96. The van der Waals surface area contributed by atoms with Crippen molar-refractivity contribution in [3.8, 4) is 11.4 Å². The Kier molecular flexibility index (Phi) is 5.27. The first kappa shape index (κ1) is 22.1. The van der Waals surface area contributed by atoms with E-state index in [0.717, 1.165) is 17.1 Å². The van der Waals surface area contributed by atoms with Gasteiger partial charge in [-0.15, -0.1) is 0 Å². The van der Waals surface area contributed by atoms with Crippen molar-refractivity contribution in [1.29, 1.82) is 0 Å². The second kappa shape index (κ2) is 7.65. The molecule has 0 spiro atoms. The van der Waals surface area contributed by atoms with Gasteiger partial charge in [0, 0.05) is 18.0 Å². The quantitative estimate of drug-likeness (QED) is 0.639. The van der Waals surface area contributed by atoms with E-state index in [-0.39, 0.29) is 24.4 Å². The van der Waals surface area contributed by atoms with Gasteiger partial charge < -0.3 is 33.0 Å². The summed E-state index contributed by atoms with van der Waals surface area (Å²) in [7, 11) is 1.65. The summed E-state index contributed by atoms with van der Waals surface area (Å²) in [5, 5.41) is 0. The summed E-state index contributed by atoms with van der Waals surface area (Å²) in [6.07, 6.45) is 0.610. The van der Waals surface area contributed by atoms with E-state index in [2.05, 4.69) is 4.57 Å². The van der Waals surface area contributed by atoms with Gasteiger partial charge in [-0.25, -0.2) is 0 Å². The number of methoxy groups -OCH3 is 1. The number of hydrogen-bond donors (Lipinski definition) is 0. The number of aryl methyl sites for hydroxylation is 1. The molecule has 1 aromatic carbocycles. The lowest BCUT2D eigenvalue weighted by atomic mass is 10.0. The van der Waals surface area contributed by atoms with E-state index in [4.69, 9.17) is 40.6 Å². The van der Waals surface area contributed by atoms with Crippen molar-refractivity contribution in [3.05, 3.63) is 40.9 Å². The van der Waals surface area contributed by atoms with Crippen LogP contribution in [0.3, 0.4) is 0 Å². The minimum Gasteiger partial charge on any atom is -0.497 e. The Morgan fingerprint density at radius 2 is 1.84 bits per heavy atom. The zero-order chi connectivity index (χ0) is 22.8. The Balaban J connectivity index is 1.56. The molecule has 3 aliphatic rings. The molecule has 0 aliphatic carbocycles. The maximum atomic E-state index is 6.36. The number of benzene rings is 1. The molecule has 5 rings (SSSR count). The number of hydrogen-bond acceptors (Lipinski definition) is 7. The van der Waals surface area contributed by atoms with Crippen molar-refractivity contribution >= 4 is 12.2 Å². The second-order valence-corrected chi connectivity index (χ2v) is 9.79. The second-order valence-electron chi connectivity index (χ2n) is 9.42. The molecule has 0 N–H and O–H groups in total. The summed E-state index contributed by atoms with van der Waals surface area (Å²) < 4.78 is 40.8. The molecule has 2 aromatic rings. The van der Waals surface area contributed by atoms with Crippen LogP contribution in [0.25, 0.3) is 5.69 Å². The van der Waals surface area contributed by atoms with Gasteiger partial charge in [0.2, 0.25) is 0 Å². The molecule has 174 valence electrons. The van der Waals surface area contributed by atoms with Gasteiger partial charge in [0.1, 0.15) is 24.1 Å². The predicted molar refractivity (Wildman–Crippen MR) is 119 cm³/mol. The lowest BCUT2D eigenvalue weighted by Crippen LogP contribution is -2.40. The van der Waals surface area contributed by atoms with E-state index < -0.39 is 17.9 Å². The number of fused-ring (bicyclic) bond motifs is 1. The van der Waals surface area contributed by atoms with Crippen molar-refractivity contribution in [2.24, 2.45) is 0 Å². The molecule has 4 heterocycles. The fourth-order valence-electron chi connectivity index (χ4n) is 4.88. The molecule has 0 amide bonds. The van der Waals surface area contributed by atoms with Crippen LogP contribution in [-0.4, -0.2) is 59.0 Å². The topological polar surface area (TPSA) is 65.2 Å². The molecule has 0 saturated carbocycles. The van der Waals surface area contributed by atoms with Crippen molar-refractivity contribution in [1.82, 2.24) is 9.13 Å². The Hall–Kier alpha value is -1.75. The first-order chi connectivity index (χ1) is 15.1. The summed E-state index contributed by atoms with van der Waals surface area (Å²) in [4.78, 5) is 0. The lowest BCUT2D eigenvalue weighted by Gasteiger charge is -2.29. The van der Waals surface area contributed by atoms with Gasteiger partial charge in [0.15, 0.2) is 22.6 Å². The van der Waals surface area contributed by atoms with Crippen LogP contribution in [0.5, 0.6) is 5.75 Å². The molecule has 3 aliphatic heterocycles. The third-order valence-corrected chi connectivity index (χ3v) is 6.57. The fraction of sp³-hybridized carbons (Fsp3) is 0.609. The predicted octanol–water partition coefficient (Wildman–Crippen LogP) is 3.89. The minimum absolute atomic E-state index is 0.234. The fourth-order valence-corrected chi connectivity index (χ4v) is 5.30. The molecule has 0 radical (unpaired) electrons. The zero-order valence-electron chi connectivity index (χ0n) is 19.2. The lowest BCUT2D eigenvalue weighted by molar-refractivity contribution is -0.225. The van der Waals surface area contributed by atoms with Crippen LogP contribution >= 0.6 is 12.2 Å². The maximum Gasteiger partial charge on any atom is 0.189 e. The molecule has 32 heavy (non-hydrogen) atoms. The number of ether oxygens (including phenoxy) is 6. The van der Waals surface area contributed by atoms with Crippen LogP contribution in [0.4, 0.5) is 0 Å². The number of imidazole rings is 1. The molecule has 5 atom stereocenters. The van der Waals surface area contributed by atoms with E-state index >= 15 is 0 Å². The normalized spacial score (nSPS) is 32.9. The van der Waals surface area contributed by atoms with E-state index in [1.807, 2.05) is 69.6 Å². The number of aromatic nitrogens is 2. The molecule has 3 saturated heterocycles. The zero-order valence-corrected chi connectivity index (χ0v) is 20.0. The number of nitrogens with zero attached hydrogens (tertiary/aromatic N) is 2. The van der Waals surface area contributed by atoms with E-state index in [0.29, 0.717) is 11.4 Å². The van der Waals surface area contributed by atoms with Gasteiger partial charge >= 0.3 is 0 Å². The van der Waals surface area contributed by atoms with Crippen molar-refractivity contribution in [3.63, 3.8) is 0 Å². The van der Waals surface area contributed by atoms with Crippen molar-refractivity contribution in [2.45, 2.75) is 76.8 Å². The third kappa shape index (κ3) is 3.70. The molecule has 1 aromatic heterocycles. The molecular weight excluding hydrogens is 432 g/mol. The third-order valence-electron chi connectivity index (χ3n) is 6.17. The van der Waals surface area contributed by atoms with Gasteiger partial charge in [0.25, 0.3) is 0 Å². The van der Waals surface area contributed by atoms with Crippen LogP contribution < -0.4 is 4.74 Å². The highest BCUT2D eigenvalue weighted by molar-refractivity contribution is 7.71. The Morgan fingerprint density at radius 3 is 2.53 bits per heavy atom. The van der Waals surface area contributed by atoms with E-state index in [1.165, 1.54) is 0 Å². The van der Waals surface area contributed by atoms with Crippen molar-refractivity contribution in [2.75, 3.05) is 13.7 Å². The highest BCUT2D eigenvalue weighted by Crippen LogP contribution is 2.46. The molecule has 8 nitrogen and oxygen atoms in total. The summed E-state index contributed by atoms with van der Waals surface area (Å²) in [6.45, 7) is 10.1. The molecular formula is C23H30N2O6S. The van der Waals surface area contributed by atoms with Gasteiger partial charge in [-0.2, -0.15) is 0 Å². The van der Waals surface area contributed by atoms with Gasteiger partial charge in [-0.3, -0.25) is 4.57 Å². The molecule has 0 unspecified atom stereocenters. The van der Waals surface area contributed by atoms with Crippen LogP contribution in [-0.2, 0) is 23.7 Å². The smallest absolute Gasteiger partial charge is 0.189 e. The van der Waals surface area contributed by atoms with E-state index in [1.54, 1.807) is 7.11 Å². The minimum atomic E-state index is -0.739. The van der Waals surface area contributed by atoms with Crippen LogP contribution in [0, 0.1) is 11.7 Å². The Labute approximate surface area is 192 Å². The average molecular weight is 463 g/mol. The van der Waals surface area contributed by atoms with Gasteiger partial charge in [-0.1, -0.05) is 6.07 Å². The summed E-state index contributed by atoms with van der Waals surface area (Å²) in [5.74, 6) is -0.634. The van der Waals surface area contributed by atoms with Crippen molar-refractivity contribution < 1.29 is 28.4 Å². The van der Waals surface area contributed by atoms with E-state index in [9.17, 15) is 0 Å². The Bertz CT molecular complexity index is 1080. The molecule has 0 bridgehead atoms. The molecule has 3 fully saturated rings. The first-order valence-corrected chi connectivity index (χ1v) is 11.3. The maximum absolute atomic E-state index is 6.36. The average Bonchev–Trinajstić information content (AvgIpc) is 3.41. The highest BCUT2D eigenvalue weighted by atomic mass is 32.1.